The van der Waals surface area contributed by atoms with Crippen molar-refractivity contribution < 1.29 is 9.47 Å². The Kier molecular flexibility index (Phi) is 5.58. The van der Waals surface area contributed by atoms with Crippen molar-refractivity contribution in [1.82, 2.24) is 9.29 Å². The van der Waals surface area contributed by atoms with Crippen molar-refractivity contribution >= 4 is 33.5 Å². The van der Waals surface area contributed by atoms with Crippen LogP contribution in [-0.2, 0) is 0 Å². The lowest BCUT2D eigenvalue weighted by molar-refractivity contribution is 0.274. The van der Waals surface area contributed by atoms with Crippen molar-refractivity contribution in [3.8, 4) is 11.5 Å². The summed E-state index contributed by atoms with van der Waals surface area (Å²) in [7, 11) is 3.33. The molecule has 1 aromatic heterocycles. The lowest BCUT2D eigenvalue weighted by atomic mass is 10.1. The molecule has 0 amide bonds. The average Bonchev–Trinajstić information content (AvgIpc) is 2.87. The number of aromatic nitrogens is 1. The Hall–Kier alpha value is -0.980. The van der Waals surface area contributed by atoms with E-state index in [1.165, 1.54) is 0 Å². The summed E-state index contributed by atoms with van der Waals surface area (Å²) in [6, 6.07) is 3.89. The van der Waals surface area contributed by atoms with Gasteiger partial charge in [0, 0.05) is 18.2 Å². The minimum Gasteiger partial charge on any atom is -0.497 e. The molecule has 22 heavy (non-hydrogen) atoms. The first-order valence-corrected chi connectivity index (χ1v) is 8.96. The molecule has 0 unspecified atom stereocenters. The monoisotopic (exact) mass is 340 g/mol. The molecule has 0 fully saturated rings. The molecule has 0 atom stereocenters. The van der Waals surface area contributed by atoms with Crippen LogP contribution in [0.1, 0.15) is 34.1 Å². The van der Waals surface area contributed by atoms with Gasteiger partial charge in [-0.25, -0.2) is 9.29 Å². The maximum Gasteiger partial charge on any atom is 0.166 e. The maximum atomic E-state index is 5.44. The van der Waals surface area contributed by atoms with Gasteiger partial charge in [0.2, 0.25) is 0 Å². The molecule has 0 saturated carbocycles. The number of thiazole rings is 1. The number of methoxy groups -OCH3 is 2. The van der Waals surface area contributed by atoms with Gasteiger partial charge >= 0.3 is 0 Å². The third-order valence-corrected chi connectivity index (χ3v) is 5.70. The zero-order chi connectivity index (χ0) is 16.3. The van der Waals surface area contributed by atoms with Gasteiger partial charge < -0.3 is 9.47 Å². The molecule has 0 aliphatic heterocycles. The van der Waals surface area contributed by atoms with Gasteiger partial charge in [-0.3, -0.25) is 0 Å². The topological polar surface area (TPSA) is 34.6 Å². The van der Waals surface area contributed by atoms with E-state index < -0.39 is 0 Å². The third kappa shape index (κ3) is 3.86. The van der Waals surface area contributed by atoms with Crippen LogP contribution in [0.4, 0.5) is 0 Å². The van der Waals surface area contributed by atoms with Crippen LogP contribution in [0.5, 0.6) is 11.5 Å². The van der Waals surface area contributed by atoms with E-state index in [-0.39, 0.29) is 5.54 Å². The quantitative estimate of drug-likeness (QED) is 0.704. The summed E-state index contributed by atoms with van der Waals surface area (Å²) < 4.78 is 15.3. The number of hydrogen-bond donors (Lipinski definition) is 0. The molecule has 0 aliphatic carbocycles. The first kappa shape index (κ1) is 17.4. The smallest absolute Gasteiger partial charge is 0.166 e. The van der Waals surface area contributed by atoms with Crippen molar-refractivity contribution in [3.63, 3.8) is 0 Å². The largest absolute Gasteiger partial charge is 0.497 e. The van der Waals surface area contributed by atoms with E-state index in [9.17, 15) is 0 Å². The van der Waals surface area contributed by atoms with E-state index in [1.807, 2.05) is 12.1 Å². The lowest BCUT2D eigenvalue weighted by Gasteiger charge is -2.33. The van der Waals surface area contributed by atoms with Crippen LogP contribution in [-0.4, -0.2) is 35.6 Å². The zero-order valence-electron chi connectivity index (χ0n) is 14.1. The summed E-state index contributed by atoms with van der Waals surface area (Å²) in [6.45, 7) is 9.92. The standard InChI is InChI=1S/C16H24N2O2S2/c1-7-8-18(16(2,3)4)22-15-17-14-12(20-6)9-11(19-5)10-13(14)21-15/h9-10H,7-8H2,1-6H3. The fourth-order valence-corrected chi connectivity index (χ4v) is 4.38. The number of ether oxygens (including phenoxy) is 2. The molecule has 2 rings (SSSR count). The molecule has 0 aliphatic rings. The fraction of sp³-hybridized carbons (Fsp3) is 0.562. The highest BCUT2D eigenvalue weighted by Gasteiger charge is 2.23. The average molecular weight is 341 g/mol. The van der Waals surface area contributed by atoms with Gasteiger partial charge in [0.05, 0.1) is 18.9 Å². The van der Waals surface area contributed by atoms with Crippen molar-refractivity contribution in [2.45, 2.75) is 44.0 Å². The molecule has 6 heteroatoms. The molecular weight excluding hydrogens is 316 g/mol. The second-order valence-corrected chi connectivity index (χ2v) is 8.32. The molecule has 4 nitrogen and oxygen atoms in total. The fourth-order valence-electron chi connectivity index (χ4n) is 2.08. The number of hydrogen-bond acceptors (Lipinski definition) is 6. The highest BCUT2D eigenvalue weighted by Crippen LogP contribution is 2.40. The van der Waals surface area contributed by atoms with Crippen LogP contribution in [0.3, 0.4) is 0 Å². The van der Waals surface area contributed by atoms with Gasteiger partial charge in [-0.05, 0) is 45.2 Å². The summed E-state index contributed by atoms with van der Waals surface area (Å²) in [5.41, 5.74) is 1.00. The van der Waals surface area contributed by atoms with Crippen LogP contribution >= 0.6 is 23.3 Å². The summed E-state index contributed by atoms with van der Waals surface area (Å²) >= 11 is 3.40. The number of nitrogens with zero attached hydrogens (tertiary/aromatic N) is 2. The van der Waals surface area contributed by atoms with Crippen molar-refractivity contribution in [1.29, 1.82) is 0 Å². The van der Waals surface area contributed by atoms with Gasteiger partial charge in [-0.2, -0.15) is 0 Å². The Labute approximate surface area is 141 Å². The Balaban J connectivity index is 2.36. The molecular formula is C16H24N2O2S2. The maximum absolute atomic E-state index is 5.44. The Bertz CT molecular complexity index is 635. The van der Waals surface area contributed by atoms with Crippen LogP contribution in [0.25, 0.3) is 10.2 Å². The van der Waals surface area contributed by atoms with Gasteiger partial charge in [0.25, 0.3) is 0 Å². The summed E-state index contributed by atoms with van der Waals surface area (Å²) in [4.78, 5) is 4.75. The SMILES string of the molecule is CCCN(Sc1nc2c(OC)cc(OC)cc2s1)C(C)(C)C. The number of benzene rings is 1. The molecule has 1 aromatic carbocycles. The molecule has 0 saturated heterocycles. The van der Waals surface area contributed by atoms with E-state index >= 15 is 0 Å². The van der Waals surface area contributed by atoms with Crippen LogP contribution in [0.15, 0.2) is 16.5 Å². The van der Waals surface area contributed by atoms with Crippen molar-refractivity contribution in [2.75, 3.05) is 20.8 Å². The van der Waals surface area contributed by atoms with E-state index in [4.69, 9.17) is 14.5 Å². The summed E-state index contributed by atoms with van der Waals surface area (Å²) in [5.74, 6) is 1.56. The third-order valence-electron chi connectivity index (χ3n) is 3.23. The van der Waals surface area contributed by atoms with E-state index in [0.717, 1.165) is 39.0 Å². The first-order chi connectivity index (χ1) is 10.4. The Morgan fingerprint density at radius 3 is 2.50 bits per heavy atom. The molecule has 2 aromatic rings. The summed E-state index contributed by atoms with van der Waals surface area (Å²) in [6.07, 6.45) is 1.12. The Morgan fingerprint density at radius 2 is 1.95 bits per heavy atom. The minimum atomic E-state index is 0.0975. The van der Waals surface area contributed by atoms with Gasteiger partial charge in [0.1, 0.15) is 17.0 Å². The predicted molar refractivity (Wildman–Crippen MR) is 95.3 cm³/mol. The van der Waals surface area contributed by atoms with Crippen molar-refractivity contribution in [3.05, 3.63) is 12.1 Å². The minimum absolute atomic E-state index is 0.0975. The normalized spacial score (nSPS) is 12.1. The van der Waals surface area contributed by atoms with Gasteiger partial charge in [-0.1, -0.05) is 6.92 Å². The van der Waals surface area contributed by atoms with Crippen molar-refractivity contribution in [2.24, 2.45) is 0 Å². The molecule has 0 N–H and O–H groups in total. The van der Waals surface area contributed by atoms with Gasteiger partial charge in [0.15, 0.2) is 4.34 Å². The van der Waals surface area contributed by atoms with Crippen LogP contribution < -0.4 is 9.47 Å². The van der Waals surface area contributed by atoms with Crippen LogP contribution in [0.2, 0.25) is 0 Å². The summed E-state index contributed by atoms with van der Waals surface area (Å²) in [5, 5.41) is 0. The highest BCUT2D eigenvalue weighted by molar-refractivity contribution is 7.99. The van der Waals surface area contributed by atoms with E-state index in [1.54, 1.807) is 37.5 Å². The lowest BCUT2D eigenvalue weighted by Crippen LogP contribution is -2.36. The second kappa shape index (κ2) is 7.06. The molecule has 122 valence electrons. The second-order valence-electron chi connectivity index (χ2n) is 6.02. The predicted octanol–water partition coefficient (Wildman–Crippen LogP) is 4.83. The highest BCUT2D eigenvalue weighted by atomic mass is 32.2. The van der Waals surface area contributed by atoms with Crippen LogP contribution in [0, 0.1) is 0 Å². The number of rotatable bonds is 6. The first-order valence-electron chi connectivity index (χ1n) is 7.37. The molecule has 0 bridgehead atoms. The molecule has 0 spiro atoms. The van der Waals surface area contributed by atoms with E-state index in [2.05, 4.69) is 32.0 Å². The Morgan fingerprint density at radius 1 is 1.23 bits per heavy atom. The molecule has 1 heterocycles. The van der Waals surface area contributed by atoms with Gasteiger partial charge in [-0.15, -0.1) is 11.3 Å². The van der Waals surface area contributed by atoms with E-state index in [0.29, 0.717) is 0 Å². The molecule has 0 radical (unpaired) electrons. The number of fused-ring (bicyclic) bond motifs is 1. The zero-order valence-corrected chi connectivity index (χ0v) is 15.7.